The van der Waals surface area contributed by atoms with Gasteiger partial charge in [0.1, 0.15) is 5.75 Å². The molecule has 28 heavy (non-hydrogen) atoms. The van der Waals surface area contributed by atoms with Gasteiger partial charge in [0.15, 0.2) is 0 Å². The van der Waals surface area contributed by atoms with Crippen molar-refractivity contribution in [3.05, 3.63) is 64.7 Å². The average molecular weight is 392 g/mol. The Hall–Kier alpha value is -3.03. The maximum atomic E-state index is 13.0. The second kappa shape index (κ2) is 7.92. The van der Waals surface area contributed by atoms with E-state index in [9.17, 15) is 22.8 Å². The first-order chi connectivity index (χ1) is 13.3. The molecule has 0 saturated carbocycles. The summed E-state index contributed by atoms with van der Waals surface area (Å²) >= 11 is 0. The number of carbonyl (C=O) groups is 2. The first kappa shape index (κ1) is 19.7. The molecule has 0 fully saturated rings. The highest BCUT2D eigenvalue weighted by molar-refractivity contribution is 5.97. The summed E-state index contributed by atoms with van der Waals surface area (Å²) in [6, 6.07) is 9.78. The number of benzene rings is 2. The smallest absolute Gasteiger partial charge is 0.417 e. The van der Waals surface area contributed by atoms with Crippen LogP contribution in [-0.2, 0) is 11.0 Å². The van der Waals surface area contributed by atoms with E-state index in [0.29, 0.717) is 13.0 Å². The lowest BCUT2D eigenvalue weighted by Gasteiger charge is -2.28. The maximum Gasteiger partial charge on any atom is 0.417 e. The molecule has 0 spiro atoms. The summed E-state index contributed by atoms with van der Waals surface area (Å²) in [4.78, 5) is 24.4. The monoisotopic (exact) mass is 392 g/mol. The maximum absolute atomic E-state index is 13.0. The molecule has 3 rings (SSSR count). The number of halogens is 3. The number of para-hydroxylation sites is 1. The first-order valence-electron chi connectivity index (χ1n) is 8.73. The van der Waals surface area contributed by atoms with E-state index in [0.717, 1.165) is 29.0 Å². The van der Waals surface area contributed by atoms with Gasteiger partial charge in [0.2, 0.25) is 5.91 Å². The minimum Gasteiger partial charge on any atom is -0.493 e. The van der Waals surface area contributed by atoms with Gasteiger partial charge in [0.05, 0.1) is 30.3 Å². The third kappa shape index (κ3) is 4.27. The number of ether oxygens (including phenoxy) is 1. The average Bonchev–Trinajstić information content (AvgIpc) is 2.66. The van der Waals surface area contributed by atoms with Gasteiger partial charge in [-0.1, -0.05) is 30.3 Å². The molecule has 0 bridgehead atoms. The van der Waals surface area contributed by atoms with Gasteiger partial charge in [-0.3, -0.25) is 9.59 Å². The van der Waals surface area contributed by atoms with Gasteiger partial charge in [-0.25, -0.2) is 0 Å². The number of hydrogen-bond donors (Lipinski definition) is 2. The fourth-order valence-electron chi connectivity index (χ4n) is 3.16. The van der Waals surface area contributed by atoms with Crippen molar-refractivity contribution in [2.24, 2.45) is 0 Å². The van der Waals surface area contributed by atoms with E-state index < -0.39 is 35.7 Å². The number of aryl methyl sites for hydroxylation is 1. The lowest BCUT2D eigenvalue weighted by atomic mass is 9.98. The zero-order valence-corrected chi connectivity index (χ0v) is 15.1. The molecule has 0 unspecified atom stereocenters. The Kier molecular flexibility index (Phi) is 5.58. The molecule has 5 nitrogen and oxygen atoms in total. The molecular weight excluding hydrogens is 373 g/mol. The van der Waals surface area contributed by atoms with Crippen molar-refractivity contribution in [1.29, 1.82) is 0 Å². The van der Waals surface area contributed by atoms with E-state index in [2.05, 4.69) is 10.6 Å². The number of alkyl halides is 3. The first-order valence-corrected chi connectivity index (χ1v) is 8.73. The Morgan fingerprint density at radius 2 is 1.89 bits per heavy atom. The quantitative estimate of drug-likeness (QED) is 0.838. The van der Waals surface area contributed by atoms with Crippen molar-refractivity contribution in [2.45, 2.75) is 25.6 Å². The Morgan fingerprint density at radius 3 is 2.64 bits per heavy atom. The zero-order valence-electron chi connectivity index (χ0n) is 15.1. The highest BCUT2D eigenvalue weighted by Crippen LogP contribution is 2.34. The predicted molar refractivity (Wildman–Crippen MR) is 96.0 cm³/mol. The molecule has 148 valence electrons. The zero-order chi connectivity index (χ0) is 20.3. The van der Waals surface area contributed by atoms with Gasteiger partial charge in [0.25, 0.3) is 5.91 Å². The van der Waals surface area contributed by atoms with Gasteiger partial charge in [-0.05, 0) is 24.6 Å². The van der Waals surface area contributed by atoms with Crippen LogP contribution >= 0.6 is 0 Å². The molecule has 0 radical (unpaired) electrons. The van der Waals surface area contributed by atoms with E-state index >= 15 is 0 Å². The predicted octanol–water partition coefficient (Wildman–Crippen LogP) is 3.38. The molecule has 1 atom stereocenters. The minimum absolute atomic E-state index is 0.282. The molecule has 1 heterocycles. The highest BCUT2D eigenvalue weighted by atomic mass is 19.4. The van der Waals surface area contributed by atoms with Crippen LogP contribution in [0.5, 0.6) is 5.75 Å². The summed E-state index contributed by atoms with van der Waals surface area (Å²) in [5.74, 6) is -0.717. The molecular formula is C20H19F3N2O3. The van der Waals surface area contributed by atoms with Crippen molar-refractivity contribution in [3.8, 4) is 5.75 Å². The SMILES string of the molecule is Cc1cccc2c1OCC[C@H]2NC(=O)CNC(=O)c1ccccc1C(F)(F)F. The number of rotatable bonds is 4. The summed E-state index contributed by atoms with van der Waals surface area (Å²) in [5, 5.41) is 5.05. The van der Waals surface area contributed by atoms with Crippen LogP contribution in [0.4, 0.5) is 13.2 Å². The third-order valence-electron chi connectivity index (χ3n) is 4.49. The topological polar surface area (TPSA) is 67.4 Å². The van der Waals surface area contributed by atoms with Crippen molar-refractivity contribution in [3.63, 3.8) is 0 Å². The number of nitrogens with one attached hydrogen (secondary N) is 2. The standard InChI is InChI=1S/C20H19F3N2O3/c1-12-5-4-7-14-16(9-10-28-18(12)14)25-17(26)11-24-19(27)13-6-2-3-8-15(13)20(21,22)23/h2-8,16H,9-11H2,1H3,(H,24,27)(H,25,26)/t16-/m1/s1. The molecule has 2 aromatic rings. The summed E-state index contributed by atoms with van der Waals surface area (Å²) in [6.45, 7) is 1.92. The Balaban J connectivity index is 1.64. The lowest BCUT2D eigenvalue weighted by Crippen LogP contribution is -2.40. The second-order valence-corrected chi connectivity index (χ2v) is 6.48. The van der Waals surface area contributed by atoms with Crippen LogP contribution in [0.3, 0.4) is 0 Å². The van der Waals surface area contributed by atoms with Crippen molar-refractivity contribution >= 4 is 11.8 Å². The van der Waals surface area contributed by atoms with Gasteiger partial charge in [-0.2, -0.15) is 13.2 Å². The summed E-state index contributed by atoms with van der Waals surface area (Å²) < 4.78 is 44.7. The van der Waals surface area contributed by atoms with Gasteiger partial charge in [0, 0.05) is 12.0 Å². The number of amides is 2. The molecule has 1 aliphatic heterocycles. The Bertz CT molecular complexity index is 897. The summed E-state index contributed by atoms with van der Waals surface area (Å²) in [5.41, 5.74) is 0.235. The number of hydrogen-bond acceptors (Lipinski definition) is 3. The van der Waals surface area contributed by atoms with Crippen molar-refractivity contribution in [1.82, 2.24) is 10.6 Å². The van der Waals surface area contributed by atoms with Crippen LogP contribution < -0.4 is 15.4 Å². The van der Waals surface area contributed by atoms with E-state index in [4.69, 9.17) is 4.74 Å². The number of carbonyl (C=O) groups excluding carboxylic acids is 2. The van der Waals surface area contributed by atoms with Crippen LogP contribution in [0.2, 0.25) is 0 Å². The Morgan fingerprint density at radius 1 is 1.14 bits per heavy atom. The molecule has 2 N–H and O–H groups in total. The third-order valence-corrected chi connectivity index (χ3v) is 4.49. The van der Waals surface area contributed by atoms with Crippen LogP contribution in [0, 0.1) is 6.92 Å². The second-order valence-electron chi connectivity index (χ2n) is 6.48. The normalized spacial score (nSPS) is 15.9. The molecule has 2 amide bonds. The van der Waals surface area contributed by atoms with Crippen LogP contribution in [0.25, 0.3) is 0 Å². The lowest BCUT2D eigenvalue weighted by molar-refractivity contribution is -0.137. The Labute approximate surface area is 159 Å². The fourth-order valence-corrected chi connectivity index (χ4v) is 3.16. The van der Waals surface area contributed by atoms with E-state index in [-0.39, 0.29) is 6.04 Å². The fraction of sp³-hybridized carbons (Fsp3) is 0.300. The molecule has 1 aliphatic rings. The summed E-state index contributed by atoms with van der Waals surface area (Å²) in [7, 11) is 0. The minimum atomic E-state index is -4.65. The molecule has 0 saturated heterocycles. The summed E-state index contributed by atoms with van der Waals surface area (Å²) in [6.07, 6.45) is -4.09. The van der Waals surface area contributed by atoms with Crippen molar-refractivity contribution < 1.29 is 27.5 Å². The molecule has 2 aromatic carbocycles. The van der Waals surface area contributed by atoms with Gasteiger partial charge in [-0.15, -0.1) is 0 Å². The molecule has 8 heteroatoms. The van der Waals surface area contributed by atoms with E-state index in [1.54, 1.807) is 0 Å². The highest BCUT2D eigenvalue weighted by Gasteiger charge is 2.35. The number of fused-ring (bicyclic) bond motifs is 1. The van der Waals surface area contributed by atoms with Crippen LogP contribution in [0.15, 0.2) is 42.5 Å². The van der Waals surface area contributed by atoms with Gasteiger partial charge < -0.3 is 15.4 Å². The van der Waals surface area contributed by atoms with E-state index in [1.165, 1.54) is 12.1 Å². The molecule has 0 aromatic heterocycles. The van der Waals surface area contributed by atoms with Crippen LogP contribution in [0.1, 0.15) is 39.5 Å². The molecule has 0 aliphatic carbocycles. The van der Waals surface area contributed by atoms with Crippen molar-refractivity contribution in [2.75, 3.05) is 13.2 Å². The largest absolute Gasteiger partial charge is 0.493 e. The van der Waals surface area contributed by atoms with Crippen LogP contribution in [-0.4, -0.2) is 25.0 Å². The van der Waals surface area contributed by atoms with E-state index in [1.807, 2.05) is 25.1 Å². The van der Waals surface area contributed by atoms with Gasteiger partial charge >= 0.3 is 6.18 Å².